The minimum Gasteiger partial charge on any atom is -0.380 e. The van der Waals surface area contributed by atoms with Gasteiger partial charge in [-0.1, -0.05) is 13.8 Å². The van der Waals surface area contributed by atoms with Crippen molar-refractivity contribution in [2.24, 2.45) is 5.92 Å². The van der Waals surface area contributed by atoms with E-state index in [1.54, 1.807) is 0 Å². The molecule has 3 nitrogen and oxygen atoms in total. The van der Waals surface area contributed by atoms with Crippen molar-refractivity contribution < 1.29 is 9.47 Å². The van der Waals surface area contributed by atoms with E-state index in [2.05, 4.69) is 19.2 Å². The van der Waals surface area contributed by atoms with E-state index < -0.39 is 0 Å². The van der Waals surface area contributed by atoms with Gasteiger partial charge in [0.05, 0.1) is 12.7 Å². The molecule has 0 spiro atoms. The van der Waals surface area contributed by atoms with Gasteiger partial charge in [0.15, 0.2) is 0 Å². The predicted molar refractivity (Wildman–Crippen MR) is 66.7 cm³/mol. The van der Waals surface area contributed by atoms with Crippen LogP contribution >= 0.6 is 0 Å². The van der Waals surface area contributed by atoms with Crippen LogP contribution in [-0.4, -0.2) is 39.0 Å². The molecule has 0 aromatic heterocycles. The van der Waals surface area contributed by atoms with Gasteiger partial charge >= 0.3 is 0 Å². The minimum absolute atomic E-state index is 0.435. The average Bonchev–Trinajstić information content (AvgIpc) is 2.29. The van der Waals surface area contributed by atoms with Crippen molar-refractivity contribution in [3.05, 3.63) is 0 Å². The van der Waals surface area contributed by atoms with Crippen LogP contribution in [0.5, 0.6) is 0 Å². The van der Waals surface area contributed by atoms with Crippen molar-refractivity contribution >= 4 is 0 Å². The summed E-state index contributed by atoms with van der Waals surface area (Å²) in [6.07, 6.45) is 5.35. The lowest BCUT2D eigenvalue weighted by Crippen LogP contribution is -2.33. The lowest BCUT2D eigenvalue weighted by Gasteiger charge is -2.22. The Labute approximate surface area is 99.9 Å². The summed E-state index contributed by atoms with van der Waals surface area (Å²) in [6.45, 7) is 9.02. The highest BCUT2D eigenvalue weighted by Gasteiger charge is 2.12. The van der Waals surface area contributed by atoms with Crippen molar-refractivity contribution in [1.82, 2.24) is 5.32 Å². The first-order valence-corrected chi connectivity index (χ1v) is 6.69. The zero-order chi connectivity index (χ0) is 11.6. The third-order valence-corrected chi connectivity index (χ3v) is 2.91. The fourth-order valence-electron chi connectivity index (χ4n) is 1.80. The molecule has 96 valence electrons. The molecule has 0 aromatic rings. The van der Waals surface area contributed by atoms with E-state index in [0.29, 0.717) is 6.10 Å². The topological polar surface area (TPSA) is 30.5 Å². The van der Waals surface area contributed by atoms with Crippen molar-refractivity contribution in [3.63, 3.8) is 0 Å². The summed E-state index contributed by atoms with van der Waals surface area (Å²) >= 11 is 0. The van der Waals surface area contributed by atoms with Gasteiger partial charge in [0.2, 0.25) is 0 Å². The minimum atomic E-state index is 0.435. The molecule has 0 saturated carbocycles. The molecule has 1 heterocycles. The van der Waals surface area contributed by atoms with Crippen LogP contribution in [0.3, 0.4) is 0 Å². The third-order valence-electron chi connectivity index (χ3n) is 2.91. The molecule has 1 fully saturated rings. The van der Waals surface area contributed by atoms with Crippen LogP contribution in [0.15, 0.2) is 0 Å². The van der Waals surface area contributed by atoms with Crippen LogP contribution in [0, 0.1) is 5.92 Å². The summed E-state index contributed by atoms with van der Waals surface area (Å²) in [5.41, 5.74) is 0. The quantitative estimate of drug-likeness (QED) is 0.647. The highest BCUT2D eigenvalue weighted by atomic mass is 16.5. The number of rotatable bonds is 8. The highest BCUT2D eigenvalue weighted by molar-refractivity contribution is 4.65. The second-order valence-corrected chi connectivity index (χ2v) is 4.99. The lowest BCUT2D eigenvalue weighted by molar-refractivity contribution is 0.0157. The summed E-state index contributed by atoms with van der Waals surface area (Å²) in [7, 11) is 0. The number of hydrogen-bond donors (Lipinski definition) is 1. The van der Waals surface area contributed by atoms with Gasteiger partial charge in [-0.15, -0.1) is 0 Å². The second-order valence-electron chi connectivity index (χ2n) is 4.99. The molecule has 0 aliphatic carbocycles. The molecule has 16 heavy (non-hydrogen) atoms. The van der Waals surface area contributed by atoms with E-state index in [1.807, 2.05) is 0 Å². The fourth-order valence-corrected chi connectivity index (χ4v) is 1.80. The van der Waals surface area contributed by atoms with E-state index in [9.17, 15) is 0 Å². The number of ether oxygens (including phenoxy) is 2. The van der Waals surface area contributed by atoms with Crippen LogP contribution in [-0.2, 0) is 9.47 Å². The first-order valence-electron chi connectivity index (χ1n) is 6.69. The Balaban J connectivity index is 1.80. The number of nitrogens with one attached hydrogen (secondary N) is 1. The van der Waals surface area contributed by atoms with Gasteiger partial charge in [-0.25, -0.2) is 0 Å². The van der Waals surface area contributed by atoms with Gasteiger partial charge in [-0.3, -0.25) is 0 Å². The van der Waals surface area contributed by atoms with Crippen LogP contribution in [0.2, 0.25) is 0 Å². The van der Waals surface area contributed by atoms with Gasteiger partial charge < -0.3 is 14.8 Å². The zero-order valence-electron chi connectivity index (χ0n) is 10.8. The van der Waals surface area contributed by atoms with Gasteiger partial charge in [0.1, 0.15) is 0 Å². The van der Waals surface area contributed by atoms with E-state index in [-0.39, 0.29) is 0 Å². The van der Waals surface area contributed by atoms with Crippen LogP contribution in [0.4, 0.5) is 0 Å². The standard InChI is InChI=1S/C13H27NO2/c1-12(2)6-9-15-10-7-14-11-13-5-3-4-8-16-13/h12-14H,3-11H2,1-2H3. The molecule has 0 bridgehead atoms. The molecule has 1 aliphatic heterocycles. The monoisotopic (exact) mass is 229 g/mol. The normalized spacial score (nSPS) is 21.6. The Bertz CT molecular complexity index is 156. The largest absolute Gasteiger partial charge is 0.380 e. The van der Waals surface area contributed by atoms with E-state index in [4.69, 9.17) is 9.47 Å². The molecule has 1 atom stereocenters. The number of hydrogen-bond acceptors (Lipinski definition) is 3. The molecular weight excluding hydrogens is 202 g/mol. The molecule has 1 saturated heterocycles. The SMILES string of the molecule is CC(C)CCOCCNCC1CCCCO1. The molecule has 3 heteroatoms. The molecule has 0 radical (unpaired) electrons. The highest BCUT2D eigenvalue weighted by Crippen LogP contribution is 2.11. The fraction of sp³-hybridized carbons (Fsp3) is 1.00. The summed E-state index contributed by atoms with van der Waals surface area (Å²) in [4.78, 5) is 0. The summed E-state index contributed by atoms with van der Waals surface area (Å²) in [5, 5.41) is 3.39. The predicted octanol–water partition coefficient (Wildman–Crippen LogP) is 2.21. The molecular formula is C13H27NO2. The molecule has 0 amide bonds. The molecule has 1 N–H and O–H groups in total. The van der Waals surface area contributed by atoms with Crippen molar-refractivity contribution in [2.75, 3.05) is 32.9 Å². The lowest BCUT2D eigenvalue weighted by atomic mass is 10.1. The van der Waals surface area contributed by atoms with Crippen LogP contribution < -0.4 is 5.32 Å². The Hall–Kier alpha value is -0.120. The van der Waals surface area contributed by atoms with Crippen LogP contribution in [0.1, 0.15) is 39.5 Å². The first-order chi connectivity index (χ1) is 7.79. The molecule has 1 unspecified atom stereocenters. The third kappa shape index (κ3) is 7.20. The Kier molecular flexibility index (Phi) is 7.81. The van der Waals surface area contributed by atoms with Gasteiger partial charge in [-0.2, -0.15) is 0 Å². The van der Waals surface area contributed by atoms with Gasteiger partial charge in [0.25, 0.3) is 0 Å². The summed E-state index contributed by atoms with van der Waals surface area (Å²) in [6, 6.07) is 0. The second kappa shape index (κ2) is 8.97. The Morgan fingerprint density at radius 3 is 2.88 bits per heavy atom. The van der Waals surface area contributed by atoms with Crippen molar-refractivity contribution in [1.29, 1.82) is 0 Å². The maximum atomic E-state index is 5.63. The van der Waals surface area contributed by atoms with E-state index in [1.165, 1.54) is 19.3 Å². The smallest absolute Gasteiger partial charge is 0.0699 e. The molecule has 1 aliphatic rings. The van der Waals surface area contributed by atoms with Crippen molar-refractivity contribution in [3.8, 4) is 0 Å². The van der Waals surface area contributed by atoms with Gasteiger partial charge in [-0.05, 0) is 31.6 Å². The van der Waals surface area contributed by atoms with Crippen molar-refractivity contribution in [2.45, 2.75) is 45.6 Å². The summed E-state index contributed by atoms with van der Waals surface area (Å²) < 4.78 is 11.2. The molecule has 1 rings (SSSR count). The van der Waals surface area contributed by atoms with Gasteiger partial charge in [0, 0.05) is 26.3 Å². The maximum absolute atomic E-state index is 5.63. The van der Waals surface area contributed by atoms with E-state index in [0.717, 1.165) is 45.2 Å². The zero-order valence-corrected chi connectivity index (χ0v) is 10.8. The molecule has 0 aromatic carbocycles. The average molecular weight is 229 g/mol. The Morgan fingerprint density at radius 2 is 2.19 bits per heavy atom. The maximum Gasteiger partial charge on any atom is 0.0699 e. The van der Waals surface area contributed by atoms with E-state index >= 15 is 0 Å². The summed E-state index contributed by atoms with van der Waals surface area (Å²) in [5.74, 6) is 0.739. The Morgan fingerprint density at radius 1 is 1.31 bits per heavy atom. The van der Waals surface area contributed by atoms with Crippen LogP contribution in [0.25, 0.3) is 0 Å². The first kappa shape index (κ1) is 13.9.